The van der Waals surface area contributed by atoms with Crippen LogP contribution in [0.5, 0.6) is 11.5 Å². The van der Waals surface area contributed by atoms with Gasteiger partial charge in [-0.2, -0.15) is 16.8 Å². The number of carbonyl (C=O) groups excluding carboxylic acids is 1. The molecule has 5 atom stereocenters. The molecule has 0 bridgehead atoms. The maximum Gasteiger partial charge on any atom is 0.397 e. The van der Waals surface area contributed by atoms with E-state index in [4.69, 9.17) is 18.6 Å². The summed E-state index contributed by atoms with van der Waals surface area (Å²) in [5.74, 6) is -2.04. The summed E-state index contributed by atoms with van der Waals surface area (Å²) in [6.45, 7) is 1.05. The van der Waals surface area contributed by atoms with Gasteiger partial charge in [0.2, 0.25) is 12.2 Å². The standard InChI is InChI=1S/C17H23NO13S2/c1-9-14(21)15(22)16(31-33(26,27)28)17(29-9)30-12-4-2-10(8-11(12)19)3-5-13(20)18-6-7-32(23,24)25/h2-5,8-9,14-17,19,21-22H,6-7H2,1H3,(H,18,20)(H,23,24,25)(H,26,27,28)/t9-,14+,15+,16-,17+/m1/s1. The van der Waals surface area contributed by atoms with Gasteiger partial charge in [-0.1, -0.05) is 6.07 Å². The van der Waals surface area contributed by atoms with Crippen molar-refractivity contribution in [3.63, 3.8) is 0 Å². The highest BCUT2D eigenvalue weighted by molar-refractivity contribution is 7.85. The minimum Gasteiger partial charge on any atom is -0.504 e. The van der Waals surface area contributed by atoms with Gasteiger partial charge >= 0.3 is 10.4 Å². The van der Waals surface area contributed by atoms with Crippen molar-refractivity contribution in [1.29, 1.82) is 0 Å². The van der Waals surface area contributed by atoms with Gasteiger partial charge in [-0.05, 0) is 30.7 Å². The van der Waals surface area contributed by atoms with Gasteiger partial charge in [0.1, 0.15) is 12.2 Å². The molecule has 0 unspecified atom stereocenters. The summed E-state index contributed by atoms with van der Waals surface area (Å²) in [5, 5.41) is 32.4. The Bertz CT molecular complexity index is 1090. The molecule has 1 heterocycles. The molecule has 1 aliphatic rings. The first-order valence-electron chi connectivity index (χ1n) is 9.24. The average Bonchev–Trinajstić information content (AvgIpc) is 2.67. The van der Waals surface area contributed by atoms with Gasteiger partial charge in [0, 0.05) is 12.6 Å². The van der Waals surface area contributed by atoms with Crippen LogP contribution in [0.25, 0.3) is 6.08 Å². The Kier molecular flexibility index (Phi) is 8.77. The molecule has 0 radical (unpaired) electrons. The molecule has 14 nitrogen and oxygen atoms in total. The molecule has 186 valence electrons. The lowest BCUT2D eigenvalue weighted by Gasteiger charge is -2.40. The summed E-state index contributed by atoms with van der Waals surface area (Å²) < 4.78 is 75.9. The van der Waals surface area contributed by atoms with Gasteiger partial charge in [0.05, 0.1) is 11.9 Å². The minimum atomic E-state index is -5.06. The van der Waals surface area contributed by atoms with Crippen molar-refractivity contribution in [3.05, 3.63) is 29.8 Å². The van der Waals surface area contributed by atoms with E-state index in [9.17, 15) is 36.9 Å². The Labute approximate surface area is 189 Å². The number of ether oxygens (including phenoxy) is 2. The highest BCUT2D eigenvalue weighted by Gasteiger charge is 2.47. The maximum absolute atomic E-state index is 11.6. The number of aliphatic hydroxyl groups excluding tert-OH is 2. The molecule has 16 heteroatoms. The zero-order valence-electron chi connectivity index (χ0n) is 17.0. The lowest BCUT2D eigenvalue weighted by Crippen LogP contribution is -2.59. The Balaban J connectivity index is 2.09. The van der Waals surface area contributed by atoms with E-state index in [-0.39, 0.29) is 12.3 Å². The average molecular weight is 513 g/mol. The molecule has 0 aromatic heterocycles. The number of hydrogen-bond acceptors (Lipinski definition) is 11. The van der Waals surface area contributed by atoms with Crippen molar-refractivity contribution in [2.75, 3.05) is 12.3 Å². The molecular formula is C17H23NO13S2. The minimum absolute atomic E-state index is 0.241. The number of nitrogens with one attached hydrogen (secondary N) is 1. The first kappa shape index (κ1) is 26.9. The molecule has 1 saturated heterocycles. The zero-order chi connectivity index (χ0) is 25.0. The second-order valence-corrected chi connectivity index (χ2v) is 9.55. The van der Waals surface area contributed by atoms with E-state index < -0.39 is 68.6 Å². The molecule has 0 aliphatic carbocycles. The van der Waals surface area contributed by atoms with E-state index in [2.05, 4.69) is 9.50 Å². The highest BCUT2D eigenvalue weighted by Crippen LogP contribution is 2.32. The van der Waals surface area contributed by atoms with Gasteiger partial charge in [-0.25, -0.2) is 4.18 Å². The predicted molar refractivity (Wildman–Crippen MR) is 110 cm³/mol. The third-order valence-electron chi connectivity index (χ3n) is 4.33. The second-order valence-electron chi connectivity index (χ2n) is 6.93. The number of phenols is 1. The van der Waals surface area contributed by atoms with E-state index >= 15 is 0 Å². The van der Waals surface area contributed by atoms with Gasteiger partial charge in [-0.15, -0.1) is 0 Å². The molecule has 33 heavy (non-hydrogen) atoms. The van der Waals surface area contributed by atoms with Crippen LogP contribution in [0, 0.1) is 0 Å². The lowest BCUT2D eigenvalue weighted by atomic mass is 10.00. The summed E-state index contributed by atoms with van der Waals surface area (Å²) >= 11 is 0. The maximum atomic E-state index is 11.6. The predicted octanol–water partition coefficient (Wildman–Crippen LogP) is -1.56. The van der Waals surface area contributed by atoms with Crippen molar-refractivity contribution in [3.8, 4) is 11.5 Å². The van der Waals surface area contributed by atoms with Crippen molar-refractivity contribution in [1.82, 2.24) is 5.32 Å². The van der Waals surface area contributed by atoms with Gasteiger partial charge in [-0.3, -0.25) is 13.9 Å². The highest BCUT2D eigenvalue weighted by atomic mass is 32.3. The van der Waals surface area contributed by atoms with Crippen LogP contribution in [0.4, 0.5) is 0 Å². The molecule has 1 amide bonds. The number of benzene rings is 1. The Morgan fingerprint density at radius 1 is 1.18 bits per heavy atom. The van der Waals surface area contributed by atoms with Gasteiger partial charge < -0.3 is 30.1 Å². The van der Waals surface area contributed by atoms with Crippen molar-refractivity contribution < 1.29 is 59.7 Å². The van der Waals surface area contributed by atoms with E-state index in [1.54, 1.807) is 0 Å². The number of aliphatic hydroxyl groups is 2. The van der Waals surface area contributed by atoms with Crippen LogP contribution < -0.4 is 10.1 Å². The molecule has 0 spiro atoms. The summed E-state index contributed by atoms with van der Waals surface area (Å²) in [6, 6.07) is 3.77. The second kappa shape index (κ2) is 10.7. The quantitative estimate of drug-likeness (QED) is 0.162. The molecule has 1 aliphatic heterocycles. The number of hydrogen-bond donors (Lipinski definition) is 6. The van der Waals surface area contributed by atoms with Crippen LogP contribution in [0.3, 0.4) is 0 Å². The van der Waals surface area contributed by atoms with Crippen LogP contribution in [0.15, 0.2) is 24.3 Å². The first-order chi connectivity index (χ1) is 15.2. The number of aromatic hydroxyl groups is 1. The summed E-state index contributed by atoms with van der Waals surface area (Å²) in [6.07, 6.45) is -5.59. The zero-order valence-corrected chi connectivity index (χ0v) is 18.6. The fourth-order valence-electron chi connectivity index (χ4n) is 2.74. The number of amides is 1. The number of carbonyl (C=O) groups is 1. The Morgan fingerprint density at radius 3 is 2.42 bits per heavy atom. The fraction of sp³-hybridized carbons (Fsp3) is 0.471. The monoisotopic (exact) mass is 513 g/mol. The Hall–Kier alpha value is -2.31. The van der Waals surface area contributed by atoms with Crippen LogP contribution in [-0.2, 0) is 34.2 Å². The molecule has 2 rings (SSSR count). The third-order valence-corrected chi connectivity index (χ3v) is 5.52. The smallest absolute Gasteiger partial charge is 0.397 e. The topological polar surface area (TPSA) is 226 Å². The van der Waals surface area contributed by atoms with Crippen LogP contribution in [0.1, 0.15) is 12.5 Å². The molecule has 6 N–H and O–H groups in total. The molecule has 1 aromatic carbocycles. The summed E-state index contributed by atoms with van der Waals surface area (Å²) in [7, 11) is -9.27. The van der Waals surface area contributed by atoms with Gasteiger partial charge in [0.15, 0.2) is 17.6 Å². The lowest BCUT2D eigenvalue weighted by molar-refractivity contribution is -0.262. The van der Waals surface area contributed by atoms with E-state index in [0.717, 1.165) is 12.1 Å². The molecule has 0 saturated carbocycles. The van der Waals surface area contributed by atoms with Gasteiger partial charge in [0.25, 0.3) is 10.1 Å². The summed E-state index contributed by atoms with van der Waals surface area (Å²) in [4.78, 5) is 11.6. The number of rotatable bonds is 9. The van der Waals surface area contributed by atoms with Crippen molar-refractivity contribution in [2.24, 2.45) is 0 Å². The van der Waals surface area contributed by atoms with E-state index in [1.807, 2.05) is 0 Å². The Morgan fingerprint density at radius 2 is 1.85 bits per heavy atom. The summed E-state index contributed by atoms with van der Waals surface area (Å²) in [5.41, 5.74) is 0.309. The molecule has 1 fully saturated rings. The first-order valence-corrected chi connectivity index (χ1v) is 12.2. The van der Waals surface area contributed by atoms with Crippen molar-refractivity contribution >= 4 is 32.5 Å². The van der Waals surface area contributed by atoms with Crippen LogP contribution in [-0.4, -0.2) is 90.2 Å². The fourth-order valence-corrected chi connectivity index (χ4v) is 3.58. The van der Waals surface area contributed by atoms with E-state index in [0.29, 0.717) is 5.56 Å². The third kappa shape index (κ3) is 8.52. The van der Waals surface area contributed by atoms with Crippen LogP contribution >= 0.6 is 0 Å². The molecular weight excluding hydrogens is 490 g/mol. The SMILES string of the molecule is C[C@H]1O[C@@H](Oc2ccc(C=CC(=O)NCCS(=O)(=O)O)cc2O)[C@H](OS(=O)(=O)O)[C@@H](O)[C@H]1O. The molecule has 1 aromatic rings. The number of phenolic OH excluding ortho intramolecular Hbond substituents is 1. The van der Waals surface area contributed by atoms with Crippen LogP contribution in [0.2, 0.25) is 0 Å². The van der Waals surface area contributed by atoms with Crippen molar-refractivity contribution in [2.45, 2.75) is 37.6 Å². The normalized spacial score (nSPS) is 26.3. The largest absolute Gasteiger partial charge is 0.504 e. The van der Waals surface area contributed by atoms with E-state index in [1.165, 1.54) is 25.1 Å².